The highest BCUT2D eigenvalue weighted by molar-refractivity contribution is 7.14. The largest absolute Gasteiger partial charge is 0.461 e. The SMILES string of the molecule is O=C(CCC(=O)OCc1cccc(Oc2ccc([N+](=O)[O-])cc2)c1)Nc1nc(-c2ccccc2)cs1. The van der Waals surface area contributed by atoms with Crippen molar-refractivity contribution in [1.82, 2.24) is 4.98 Å². The number of carbonyl (C=O) groups is 2. The van der Waals surface area contributed by atoms with E-state index in [0.717, 1.165) is 11.3 Å². The maximum Gasteiger partial charge on any atom is 0.306 e. The molecule has 1 N–H and O–H groups in total. The molecule has 4 rings (SSSR count). The van der Waals surface area contributed by atoms with E-state index in [0.29, 0.717) is 22.2 Å². The summed E-state index contributed by atoms with van der Waals surface area (Å²) in [5, 5.41) is 15.8. The number of nitrogens with zero attached hydrogens (tertiary/aromatic N) is 2. The molecule has 0 unspecified atom stereocenters. The van der Waals surface area contributed by atoms with E-state index in [1.54, 1.807) is 24.3 Å². The number of thiazole rings is 1. The minimum atomic E-state index is -0.504. The van der Waals surface area contributed by atoms with Crippen LogP contribution in [0.1, 0.15) is 18.4 Å². The zero-order valence-corrected chi connectivity index (χ0v) is 19.8. The fraction of sp³-hybridized carbons (Fsp3) is 0.115. The first-order valence-electron chi connectivity index (χ1n) is 10.9. The first-order valence-corrected chi connectivity index (χ1v) is 11.8. The Balaban J connectivity index is 1.21. The summed E-state index contributed by atoms with van der Waals surface area (Å²) in [6, 6.07) is 22.3. The Hall–Kier alpha value is -4.57. The van der Waals surface area contributed by atoms with Crippen molar-refractivity contribution in [3.05, 3.63) is 99.9 Å². The van der Waals surface area contributed by atoms with E-state index in [1.165, 1.54) is 35.6 Å². The number of nitro groups is 1. The molecular weight excluding hydrogens is 482 g/mol. The molecule has 9 nitrogen and oxygen atoms in total. The molecule has 1 amide bonds. The normalized spacial score (nSPS) is 10.4. The lowest BCUT2D eigenvalue weighted by Gasteiger charge is -2.08. The molecule has 0 bridgehead atoms. The molecule has 0 atom stereocenters. The number of aromatic nitrogens is 1. The second-order valence-corrected chi connectivity index (χ2v) is 8.47. The van der Waals surface area contributed by atoms with Crippen molar-refractivity contribution in [3.8, 4) is 22.8 Å². The molecule has 0 radical (unpaired) electrons. The number of nitrogens with one attached hydrogen (secondary N) is 1. The average Bonchev–Trinajstić information content (AvgIpc) is 3.36. The summed E-state index contributed by atoms with van der Waals surface area (Å²) in [5.41, 5.74) is 2.40. The summed E-state index contributed by atoms with van der Waals surface area (Å²) in [5.74, 6) is 0.113. The molecule has 0 saturated carbocycles. The first-order chi connectivity index (χ1) is 17.5. The van der Waals surface area contributed by atoms with Crippen LogP contribution < -0.4 is 10.1 Å². The number of benzene rings is 3. The molecule has 1 aromatic heterocycles. The summed E-state index contributed by atoms with van der Waals surface area (Å²) in [6.07, 6.45) is -0.0931. The summed E-state index contributed by atoms with van der Waals surface area (Å²) in [4.78, 5) is 39.0. The number of esters is 1. The average molecular weight is 504 g/mol. The molecule has 10 heteroatoms. The zero-order chi connectivity index (χ0) is 25.3. The van der Waals surface area contributed by atoms with E-state index in [-0.39, 0.29) is 31.0 Å². The second-order valence-electron chi connectivity index (χ2n) is 7.61. The van der Waals surface area contributed by atoms with E-state index < -0.39 is 10.9 Å². The number of hydrogen-bond donors (Lipinski definition) is 1. The predicted octanol–water partition coefficient (Wildman–Crippen LogP) is 5.97. The lowest BCUT2D eigenvalue weighted by molar-refractivity contribution is -0.384. The molecular formula is C26H21N3O6S. The molecule has 36 heavy (non-hydrogen) atoms. The molecule has 3 aromatic carbocycles. The topological polar surface area (TPSA) is 121 Å². The predicted molar refractivity (Wildman–Crippen MR) is 135 cm³/mol. The summed E-state index contributed by atoms with van der Waals surface area (Å²) < 4.78 is 11.0. The van der Waals surface area contributed by atoms with E-state index in [9.17, 15) is 19.7 Å². The second kappa shape index (κ2) is 11.7. The van der Waals surface area contributed by atoms with Crippen molar-refractivity contribution in [3.63, 3.8) is 0 Å². The minimum Gasteiger partial charge on any atom is -0.461 e. The Morgan fingerprint density at radius 3 is 2.47 bits per heavy atom. The summed E-state index contributed by atoms with van der Waals surface area (Å²) in [7, 11) is 0. The van der Waals surface area contributed by atoms with Crippen LogP contribution in [-0.2, 0) is 20.9 Å². The van der Waals surface area contributed by atoms with Gasteiger partial charge in [0, 0.05) is 29.5 Å². The van der Waals surface area contributed by atoms with Crippen molar-refractivity contribution >= 4 is 34.0 Å². The number of carbonyl (C=O) groups excluding carboxylic acids is 2. The van der Waals surface area contributed by atoms with Gasteiger partial charge in [0.25, 0.3) is 5.69 Å². The van der Waals surface area contributed by atoms with Gasteiger partial charge in [-0.2, -0.15) is 0 Å². The van der Waals surface area contributed by atoms with E-state index in [1.807, 2.05) is 35.7 Å². The molecule has 0 spiro atoms. The maximum atomic E-state index is 12.2. The van der Waals surface area contributed by atoms with Gasteiger partial charge < -0.3 is 14.8 Å². The molecule has 0 aliphatic rings. The number of ether oxygens (including phenoxy) is 2. The maximum absolute atomic E-state index is 12.2. The van der Waals surface area contributed by atoms with Crippen molar-refractivity contribution in [2.75, 3.05) is 5.32 Å². The number of rotatable bonds is 10. The quantitative estimate of drug-likeness (QED) is 0.161. The Labute approximate surface area is 210 Å². The van der Waals surface area contributed by atoms with Gasteiger partial charge in [-0.15, -0.1) is 11.3 Å². The molecule has 0 aliphatic heterocycles. The van der Waals surface area contributed by atoms with Gasteiger partial charge >= 0.3 is 5.97 Å². The number of hydrogen-bond acceptors (Lipinski definition) is 8. The van der Waals surface area contributed by atoms with Gasteiger partial charge in [0.15, 0.2) is 5.13 Å². The van der Waals surface area contributed by atoms with Gasteiger partial charge in [-0.1, -0.05) is 42.5 Å². The van der Waals surface area contributed by atoms with E-state index >= 15 is 0 Å². The minimum absolute atomic E-state index is 0.0187. The third kappa shape index (κ3) is 6.97. The fourth-order valence-corrected chi connectivity index (χ4v) is 3.91. The number of amides is 1. The highest BCUT2D eigenvalue weighted by Gasteiger charge is 2.12. The van der Waals surface area contributed by atoms with Crippen LogP contribution in [0.3, 0.4) is 0 Å². The highest BCUT2D eigenvalue weighted by Crippen LogP contribution is 2.26. The van der Waals surface area contributed by atoms with Crippen LogP contribution in [-0.4, -0.2) is 21.8 Å². The van der Waals surface area contributed by atoms with Gasteiger partial charge in [-0.3, -0.25) is 19.7 Å². The Morgan fingerprint density at radius 2 is 1.72 bits per heavy atom. The monoisotopic (exact) mass is 503 g/mol. The Morgan fingerprint density at radius 1 is 0.944 bits per heavy atom. The van der Waals surface area contributed by atoms with Gasteiger partial charge in [0.05, 0.1) is 17.0 Å². The van der Waals surface area contributed by atoms with E-state index in [4.69, 9.17) is 9.47 Å². The van der Waals surface area contributed by atoms with Gasteiger partial charge in [0.1, 0.15) is 18.1 Å². The number of nitro benzene ring substituents is 1. The molecule has 1 heterocycles. The van der Waals surface area contributed by atoms with Crippen LogP contribution >= 0.6 is 11.3 Å². The number of anilines is 1. The third-order valence-corrected chi connectivity index (χ3v) is 5.72. The Kier molecular flexibility index (Phi) is 7.99. The van der Waals surface area contributed by atoms with Crippen molar-refractivity contribution in [1.29, 1.82) is 0 Å². The van der Waals surface area contributed by atoms with Crippen LogP contribution in [0.4, 0.5) is 10.8 Å². The van der Waals surface area contributed by atoms with Gasteiger partial charge in [-0.25, -0.2) is 4.98 Å². The molecule has 0 aliphatic carbocycles. The number of non-ortho nitro benzene ring substituents is 1. The van der Waals surface area contributed by atoms with Gasteiger partial charge in [0.2, 0.25) is 5.91 Å². The molecule has 0 saturated heterocycles. The van der Waals surface area contributed by atoms with Crippen LogP contribution in [0.15, 0.2) is 84.2 Å². The lowest BCUT2D eigenvalue weighted by atomic mass is 10.2. The molecule has 4 aromatic rings. The zero-order valence-electron chi connectivity index (χ0n) is 19.0. The van der Waals surface area contributed by atoms with Crippen LogP contribution in [0.2, 0.25) is 0 Å². The van der Waals surface area contributed by atoms with Crippen LogP contribution in [0, 0.1) is 10.1 Å². The Bertz CT molecular complexity index is 1360. The van der Waals surface area contributed by atoms with Crippen LogP contribution in [0.5, 0.6) is 11.5 Å². The molecule has 0 fully saturated rings. The smallest absolute Gasteiger partial charge is 0.306 e. The summed E-state index contributed by atoms with van der Waals surface area (Å²) in [6.45, 7) is 0.0187. The standard InChI is InChI=1S/C26H21N3O6S/c30-24(28-26-27-23(17-36-26)19-6-2-1-3-7-19)13-14-25(31)34-16-18-5-4-8-22(15-18)35-21-11-9-20(10-12-21)29(32)33/h1-12,15,17H,13-14,16H2,(H,27,28,30). The van der Waals surface area contributed by atoms with Crippen molar-refractivity contribution in [2.24, 2.45) is 0 Å². The molecule has 182 valence electrons. The summed E-state index contributed by atoms with van der Waals surface area (Å²) >= 11 is 1.32. The van der Waals surface area contributed by atoms with Crippen molar-refractivity contribution < 1.29 is 24.0 Å². The van der Waals surface area contributed by atoms with Crippen molar-refractivity contribution in [2.45, 2.75) is 19.4 Å². The van der Waals surface area contributed by atoms with Gasteiger partial charge in [-0.05, 0) is 29.8 Å². The fourth-order valence-electron chi connectivity index (χ4n) is 3.18. The first kappa shape index (κ1) is 24.6. The van der Waals surface area contributed by atoms with E-state index in [2.05, 4.69) is 10.3 Å². The van der Waals surface area contributed by atoms with Crippen LogP contribution in [0.25, 0.3) is 11.3 Å². The lowest BCUT2D eigenvalue weighted by Crippen LogP contribution is -2.14. The highest BCUT2D eigenvalue weighted by atomic mass is 32.1. The third-order valence-electron chi connectivity index (χ3n) is 4.96.